The second-order valence-corrected chi connectivity index (χ2v) is 2.07. The fourth-order valence-electron chi connectivity index (χ4n) is 0.325. The highest BCUT2D eigenvalue weighted by Gasteiger charge is 1.93. The molecule has 0 saturated heterocycles. The standard InChI is InChI=1S/C8H11NO/c1-6(2)4-5-7(3)8(9)10/h4-5H,1,3H2,2H3,(H2,9,10)/b5-4-. The van der Waals surface area contributed by atoms with Crippen LogP contribution in [0.5, 0.6) is 0 Å². The van der Waals surface area contributed by atoms with E-state index in [2.05, 4.69) is 13.2 Å². The number of primary amides is 1. The molecule has 0 heterocycles. The van der Waals surface area contributed by atoms with Crippen molar-refractivity contribution in [3.63, 3.8) is 0 Å². The van der Waals surface area contributed by atoms with E-state index in [4.69, 9.17) is 5.73 Å². The van der Waals surface area contributed by atoms with Crippen molar-refractivity contribution in [1.82, 2.24) is 0 Å². The summed E-state index contributed by atoms with van der Waals surface area (Å²) in [6.07, 6.45) is 3.23. The summed E-state index contributed by atoms with van der Waals surface area (Å²) in [5, 5.41) is 0. The summed E-state index contributed by atoms with van der Waals surface area (Å²) >= 11 is 0. The van der Waals surface area contributed by atoms with Crippen LogP contribution >= 0.6 is 0 Å². The van der Waals surface area contributed by atoms with Gasteiger partial charge in [0.1, 0.15) is 0 Å². The van der Waals surface area contributed by atoms with Crippen LogP contribution in [0.15, 0.2) is 36.5 Å². The number of nitrogens with two attached hydrogens (primary N) is 1. The average Bonchev–Trinajstić information content (AvgIpc) is 1.82. The van der Waals surface area contributed by atoms with Crippen molar-refractivity contribution < 1.29 is 4.79 Å². The van der Waals surface area contributed by atoms with E-state index >= 15 is 0 Å². The molecule has 0 saturated carbocycles. The fraction of sp³-hybridized carbons (Fsp3) is 0.125. The number of amides is 1. The van der Waals surface area contributed by atoms with Crippen molar-refractivity contribution >= 4 is 5.91 Å². The molecule has 0 spiro atoms. The molecule has 2 heteroatoms. The molecule has 0 aliphatic carbocycles. The van der Waals surface area contributed by atoms with Crippen LogP contribution < -0.4 is 5.73 Å². The highest BCUT2D eigenvalue weighted by molar-refractivity contribution is 5.94. The third-order valence-electron chi connectivity index (χ3n) is 0.886. The van der Waals surface area contributed by atoms with Gasteiger partial charge in [-0.3, -0.25) is 4.79 Å². The van der Waals surface area contributed by atoms with Gasteiger partial charge in [-0.2, -0.15) is 0 Å². The number of allylic oxidation sites excluding steroid dienone is 2. The van der Waals surface area contributed by atoms with Crippen LogP contribution in [0.4, 0.5) is 0 Å². The quantitative estimate of drug-likeness (QED) is 0.460. The van der Waals surface area contributed by atoms with Gasteiger partial charge in [0.15, 0.2) is 0 Å². The van der Waals surface area contributed by atoms with Crippen LogP contribution in [0, 0.1) is 0 Å². The van der Waals surface area contributed by atoms with Crippen molar-refractivity contribution in [3.05, 3.63) is 36.5 Å². The minimum atomic E-state index is -0.502. The second kappa shape index (κ2) is 3.67. The number of hydrogen-bond donors (Lipinski definition) is 1. The first-order chi connectivity index (χ1) is 4.54. The second-order valence-electron chi connectivity index (χ2n) is 2.07. The smallest absolute Gasteiger partial charge is 0.248 e. The normalized spacial score (nSPS) is 9.70. The maximum Gasteiger partial charge on any atom is 0.248 e. The first-order valence-corrected chi connectivity index (χ1v) is 2.86. The molecule has 0 bridgehead atoms. The molecule has 0 fully saturated rings. The molecule has 0 aliphatic rings. The van der Waals surface area contributed by atoms with E-state index in [0.29, 0.717) is 5.57 Å². The molecule has 0 aliphatic heterocycles. The van der Waals surface area contributed by atoms with Crippen LogP contribution in [-0.4, -0.2) is 5.91 Å². The summed E-state index contributed by atoms with van der Waals surface area (Å²) in [6, 6.07) is 0. The summed E-state index contributed by atoms with van der Waals surface area (Å²) in [7, 11) is 0. The summed E-state index contributed by atoms with van der Waals surface area (Å²) in [6.45, 7) is 8.85. The Kier molecular flexibility index (Phi) is 3.19. The molecule has 1 amide bonds. The lowest BCUT2D eigenvalue weighted by molar-refractivity contribution is -0.114. The first-order valence-electron chi connectivity index (χ1n) is 2.86. The minimum absolute atomic E-state index is 0.294. The molecule has 0 aromatic rings. The Labute approximate surface area is 60.7 Å². The summed E-state index contributed by atoms with van der Waals surface area (Å²) in [5.74, 6) is -0.502. The fourth-order valence-corrected chi connectivity index (χ4v) is 0.325. The largest absolute Gasteiger partial charge is 0.366 e. The molecule has 0 atom stereocenters. The van der Waals surface area contributed by atoms with Gasteiger partial charge in [-0.15, -0.1) is 0 Å². The van der Waals surface area contributed by atoms with E-state index in [0.717, 1.165) is 5.57 Å². The Morgan fingerprint density at radius 1 is 1.40 bits per heavy atom. The van der Waals surface area contributed by atoms with Crippen LogP contribution in [0.1, 0.15) is 6.92 Å². The molecule has 0 unspecified atom stereocenters. The van der Waals surface area contributed by atoms with Crippen molar-refractivity contribution in [2.24, 2.45) is 5.73 Å². The van der Waals surface area contributed by atoms with Gasteiger partial charge in [-0.1, -0.05) is 24.8 Å². The maximum absolute atomic E-state index is 10.4. The lowest BCUT2D eigenvalue weighted by Gasteiger charge is -1.89. The third kappa shape index (κ3) is 3.66. The molecule has 0 aromatic heterocycles. The highest BCUT2D eigenvalue weighted by Crippen LogP contribution is 1.95. The Morgan fingerprint density at radius 2 is 1.90 bits per heavy atom. The minimum Gasteiger partial charge on any atom is -0.366 e. The Hall–Kier alpha value is -1.31. The van der Waals surface area contributed by atoms with Gasteiger partial charge in [-0.25, -0.2) is 0 Å². The van der Waals surface area contributed by atoms with Gasteiger partial charge in [0.05, 0.1) is 0 Å². The molecule has 0 radical (unpaired) electrons. The van der Waals surface area contributed by atoms with Gasteiger partial charge >= 0.3 is 0 Å². The molecule has 0 rings (SSSR count). The Morgan fingerprint density at radius 3 is 2.20 bits per heavy atom. The van der Waals surface area contributed by atoms with E-state index in [9.17, 15) is 4.79 Å². The molecule has 10 heavy (non-hydrogen) atoms. The topological polar surface area (TPSA) is 43.1 Å². The van der Waals surface area contributed by atoms with Crippen LogP contribution in [-0.2, 0) is 4.79 Å². The zero-order valence-corrected chi connectivity index (χ0v) is 6.05. The summed E-state index contributed by atoms with van der Waals surface area (Å²) in [5.41, 5.74) is 6.06. The molecule has 0 aromatic carbocycles. The summed E-state index contributed by atoms with van der Waals surface area (Å²) < 4.78 is 0. The Bertz CT molecular complexity index is 201. The van der Waals surface area contributed by atoms with Crippen LogP contribution in [0.2, 0.25) is 0 Å². The zero-order chi connectivity index (χ0) is 8.15. The van der Waals surface area contributed by atoms with Gasteiger partial charge < -0.3 is 5.73 Å². The monoisotopic (exact) mass is 137 g/mol. The molecular formula is C8H11NO. The predicted molar refractivity (Wildman–Crippen MR) is 42.3 cm³/mol. The predicted octanol–water partition coefficient (Wildman–Crippen LogP) is 1.16. The SMILES string of the molecule is C=C(C)/C=C\C(=C)C(N)=O. The molecular weight excluding hydrogens is 126 g/mol. The zero-order valence-electron chi connectivity index (χ0n) is 6.05. The first kappa shape index (κ1) is 8.69. The van der Waals surface area contributed by atoms with Crippen LogP contribution in [0.3, 0.4) is 0 Å². The van der Waals surface area contributed by atoms with Gasteiger partial charge in [0.2, 0.25) is 5.91 Å². The van der Waals surface area contributed by atoms with Gasteiger partial charge in [0, 0.05) is 5.57 Å². The number of carbonyl (C=O) groups excluding carboxylic acids is 1. The van der Waals surface area contributed by atoms with Gasteiger partial charge in [-0.05, 0) is 13.0 Å². The number of carbonyl (C=O) groups is 1. The lowest BCUT2D eigenvalue weighted by atomic mass is 10.2. The average molecular weight is 137 g/mol. The van der Waals surface area contributed by atoms with Crippen molar-refractivity contribution in [2.75, 3.05) is 0 Å². The van der Waals surface area contributed by atoms with E-state index in [1.165, 1.54) is 0 Å². The van der Waals surface area contributed by atoms with Gasteiger partial charge in [0.25, 0.3) is 0 Å². The van der Waals surface area contributed by atoms with E-state index in [-0.39, 0.29) is 0 Å². The number of rotatable bonds is 3. The molecule has 2 N–H and O–H groups in total. The molecule has 54 valence electrons. The third-order valence-corrected chi connectivity index (χ3v) is 0.886. The van der Waals surface area contributed by atoms with Crippen molar-refractivity contribution in [3.8, 4) is 0 Å². The van der Waals surface area contributed by atoms with Crippen LogP contribution in [0.25, 0.3) is 0 Å². The lowest BCUT2D eigenvalue weighted by Crippen LogP contribution is -2.11. The van der Waals surface area contributed by atoms with E-state index in [1.54, 1.807) is 12.2 Å². The molecule has 2 nitrogen and oxygen atoms in total. The number of hydrogen-bond acceptors (Lipinski definition) is 1. The summed E-state index contributed by atoms with van der Waals surface area (Å²) in [4.78, 5) is 10.4. The van der Waals surface area contributed by atoms with Crippen molar-refractivity contribution in [1.29, 1.82) is 0 Å². The van der Waals surface area contributed by atoms with Crippen molar-refractivity contribution in [2.45, 2.75) is 6.92 Å². The maximum atomic E-state index is 10.4. The van der Waals surface area contributed by atoms with E-state index < -0.39 is 5.91 Å². The highest BCUT2D eigenvalue weighted by atomic mass is 16.1. The Balaban J connectivity index is 4.03. The van der Waals surface area contributed by atoms with E-state index in [1.807, 2.05) is 6.92 Å².